The molecule has 0 fully saturated rings. The number of hydrogen-bond acceptors (Lipinski definition) is 14. The number of nitrogens with two attached hydrogens (primary N) is 4. The molecule has 0 rings (SSSR count). The number of hydrogen-bond donors (Lipinski definition) is 15. The summed E-state index contributed by atoms with van der Waals surface area (Å²) in [5.74, 6) is -10.8. The maximum absolute atomic E-state index is 13.9. The Morgan fingerprint density at radius 2 is 1.02 bits per heavy atom. The van der Waals surface area contributed by atoms with Crippen LogP contribution in [0.15, 0.2) is 4.99 Å². The molecule has 0 unspecified atom stereocenters. The van der Waals surface area contributed by atoms with Crippen molar-refractivity contribution in [3.05, 3.63) is 0 Å². The molecule has 0 aliphatic heterocycles. The minimum absolute atomic E-state index is 0.0384. The first-order chi connectivity index (χ1) is 28.3. The Morgan fingerprint density at radius 1 is 0.590 bits per heavy atom. The molecule has 25 heteroatoms. The molecule has 61 heavy (non-hydrogen) atoms. The van der Waals surface area contributed by atoms with Gasteiger partial charge in [0.25, 0.3) is 0 Å². The van der Waals surface area contributed by atoms with Gasteiger partial charge in [0.05, 0.1) is 18.6 Å². The van der Waals surface area contributed by atoms with Gasteiger partial charge in [-0.2, -0.15) is 25.3 Å². The maximum Gasteiger partial charge on any atom is 0.327 e. The van der Waals surface area contributed by atoms with E-state index in [1.807, 2.05) is 0 Å². The molecular weight excluding hydrogens is 841 g/mol. The number of aliphatic imine (C=N–C) groups is 1. The highest BCUT2D eigenvalue weighted by atomic mass is 32.1. The van der Waals surface area contributed by atoms with Gasteiger partial charge in [-0.3, -0.25) is 43.3 Å². The lowest BCUT2D eigenvalue weighted by Crippen LogP contribution is -2.63. The molecule has 0 spiro atoms. The first-order valence-electron chi connectivity index (χ1n) is 19.7. The SMILES string of the molecule is CC[C@H](C)[C@H](NC(=O)[C@H](CC(N)=O)NC(=O)[C@@H](N)CS)C(=O)N[C@@H](CCCN=C(N)N)C(=O)N[C@H](C(=O)N[C@H](C(=O)N[C@H](C(=O)N[C@@H](CS)C(=O)O)C(C)C)[C@@H](C)O)C(C)C. The van der Waals surface area contributed by atoms with Gasteiger partial charge >= 0.3 is 5.97 Å². The van der Waals surface area contributed by atoms with Crippen molar-refractivity contribution in [3.63, 3.8) is 0 Å². The van der Waals surface area contributed by atoms with Gasteiger partial charge in [-0.1, -0.05) is 48.0 Å². The number of carbonyl (C=O) groups excluding carboxylic acids is 8. The van der Waals surface area contributed by atoms with Crippen molar-refractivity contribution < 1.29 is 53.4 Å². The van der Waals surface area contributed by atoms with E-state index in [2.05, 4.69) is 67.5 Å². The third-order valence-corrected chi connectivity index (χ3v) is 10.1. The number of carboxylic acids is 1. The lowest BCUT2D eigenvalue weighted by Gasteiger charge is -2.31. The molecule has 0 heterocycles. The normalized spacial score (nSPS) is 16.1. The van der Waals surface area contributed by atoms with Gasteiger partial charge in [0, 0.05) is 18.1 Å². The van der Waals surface area contributed by atoms with Crippen LogP contribution in [0.5, 0.6) is 0 Å². The Hall–Kier alpha value is -4.88. The molecule has 0 radical (unpaired) electrons. The van der Waals surface area contributed by atoms with E-state index < -0.39 is 132 Å². The van der Waals surface area contributed by atoms with Crippen molar-refractivity contribution in [2.75, 3.05) is 18.1 Å². The summed E-state index contributed by atoms with van der Waals surface area (Å²) in [7, 11) is 0. The largest absolute Gasteiger partial charge is 0.480 e. The molecular formula is C36H66N12O11S2. The second kappa shape index (κ2) is 27.9. The van der Waals surface area contributed by atoms with Crippen molar-refractivity contribution >= 4 is 84.4 Å². The molecule has 0 aromatic heterocycles. The zero-order chi connectivity index (χ0) is 47.3. The van der Waals surface area contributed by atoms with E-state index in [1.54, 1.807) is 41.5 Å². The number of nitrogens with one attached hydrogen (secondary N) is 7. The summed E-state index contributed by atoms with van der Waals surface area (Å²) in [6, 6.07) is -11.0. The molecule has 23 nitrogen and oxygen atoms in total. The summed E-state index contributed by atoms with van der Waals surface area (Å²) < 4.78 is 0. The molecule has 0 aromatic carbocycles. The highest BCUT2D eigenvalue weighted by molar-refractivity contribution is 7.80. The van der Waals surface area contributed by atoms with E-state index in [4.69, 9.17) is 22.9 Å². The summed E-state index contributed by atoms with van der Waals surface area (Å²) in [5, 5.41) is 37.0. The van der Waals surface area contributed by atoms with Crippen LogP contribution >= 0.6 is 25.3 Å². The third-order valence-electron chi connectivity index (χ3n) is 9.30. The number of primary amides is 1. The van der Waals surface area contributed by atoms with Crippen molar-refractivity contribution in [1.82, 2.24) is 37.2 Å². The van der Waals surface area contributed by atoms with Crippen LogP contribution in [0.1, 0.15) is 74.1 Å². The highest BCUT2D eigenvalue weighted by Gasteiger charge is 2.37. The van der Waals surface area contributed by atoms with Crippen LogP contribution in [0, 0.1) is 17.8 Å². The van der Waals surface area contributed by atoms with Gasteiger partial charge in [-0.15, -0.1) is 0 Å². The summed E-state index contributed by atoms with van der Waals surface area (Å²) >= 11 is 7.89. The van der Waals surface area contributed by atoms with E-state index in [9.17, 15) is 53.4 Å². The number of amides is 8. The predicted molar refractivity (Wildman–Crippen MR) is 231 cm³/mol. The molecule has 0 saturated heterocycles. The fourth-order valence-corrected chi connectivity index (χ4v) is 5.84. The van der Waals surface area contributed by atoms with E-state index in [0.717, 1.165) is 0 Å². The van der Waals surface area contributed by atoms with E-state index in [1.165, 1.54) is 6.92 Å². The molecule has 0 aliphatic carbocycles. The quantitative estimate of drug-likeness (QED) is 0.0152. The third kappa shape index (κ3) is 20.0. The topological polar surface area (TPSA) is 395 Å². The van der Waals surface area contributed by atoms with E-state index >= 15 is 0 Å². The van der Waals surface area contributed by atoms with Crippen LogP contribution in [0.3, 0.4) is 0 Å². The molecule has 0 bridgehead atoms. The molecule has 8 amide bonds. The lowest BCUT2D eigenvalue weighted by atomic mass is 9.96. The molecule has 0 saturated carbocycles. The van der Waals surface area contributed by atoms with E-state index in [-0.39, 0.29) is 36.9 Å². The van der Waals surface area contributed by atoms with Crippen LogP contribution in [0.2, 0.25) is 0 Å². The van der Waals surface area contributed by atoms with Crippen LogP contribution < -0.4 is 60.2 Å². The number of aliphatic carboxylic acids is 1. The Bertz CT molecular complexity index is 1570. The fraction of sp³-hybridized carbons (Fsp3) is 0.722. The monoisotopic (exact) mass is 906 g/mol. The van der Waals surface area contributed by atoms with Crippen molar-refractivity contribution in [1.29, 1.82) is 0 Å². The van der Waals surface area contributed by atoms with Gasteiger partial charge in [-0.05, 0) is 37.5 Å². The first-order valence-corrected chi connectivity index (χ1v) is 20.9. The minimum Gasteiger partial charge on any atom is -0.480 e. The number of nitrogens with zero attached hydrogens (tertiary/aromatic N) is 1. The number of aliphatic hydroxyl groups is 1. The van der Waals surface area contributed by atoms with Gasteiger partial charge in [0.2, 0.25) is 47.3 Å². The number of carboxylic acid groups (broad SMARTS) is 1. The molecule has 0 aromatic rings. The van der Waals surface area contributed by atoms with Crippen LogP contribution in [-0.2, 0) is 43.2 Å². The summed E-state index contributed by atoms with van der Waals surface area (Å²) in [6.45, 7) is 10.9. The first kappa shape index (κ1) is 56.1. The second-order valence-corrected chi connectivity index (χ2v) is 15.9. The Kier molecular flexibility index (Phi) is 25.6. The average Bonchev–Trinajstić information content (AvgIpc) is 3.17. The van der Waals surface area contributed by atoms with Crippen LogP contribution in [0.25, 0.3) is 0 Å². The second-order valence-electron chi connectivity index (χ2n) is 15.2. The molecule has 0 aliphatic rings. The number of carbonyl (C=O) groups is 9. The zero-order valence-electron chi connectivity index (χ0n) is 35.6. The van der Waals surface area contributed by atoms with Gasteiger partial charge in [0.1, 0.15) is 42.3 Å². The molecule has 348 valence electrons. The summed E-state index contributed by atoms with van der Waals surface area (Å²) in [6.07, 6.45) is -1.76. The van der Waals surface area contributed by atoms with E-state index in [0.29, 0.717) is 6.42 Å². The standard InChI is InChI=1S/C36H66N12O11S2/c1-8-17(6)26(47-30(53)21(12-23(38)50)43-28(51)19(37)13-60)33(56)42-20(10-9-11-41-36(39)40)29(52)45-25(16(4)5)32(55)48-27(18(7)49)34(57)46-24(15(2)3)31(54)44-22(14-61)35(58)59/h15-22,24-27,49,60-61H,8-14,37H2,1-7H3,(H2,38,50)(H,42,56)(H,43,51)(H,44,54)(H,45,52)(H,46,57)(H,47,53)(H,48,55)(H,58,59)(H4,39,40,41)/t17-,18+,19-,20-,21-,22-,24-,25-,26-,27-/m0/s1. The highest BCUT2D eigenvalue weighted by Crippen LogP contribution is 2.12. The van der Waals surface area contributed by atoms with Crippen molar-refractivity contribution in [2.24, 2.45) is 45.7 Å². The Morgan fingerprint density at radius 3 is 1.46 bits per heavy atom. The van der Waals surface area contributed by atoms with Crippen LogP contribution in [-0.4, -0.2) is 142 Å². The summed E-state index contributed by atoms with van der Waals surface area (Å²) in [5.41, 5.74) is 21.9. The van der Waals surface area contributed by atoms with Gasteiger partial charge in [0.15, 0.2) is 5.96 Å². The number of rotatable bonds is 28. The molecule has 10 atom stereocenters. The predicted octanol–water partition coefficient (Wildman–Crippen LogP) is -4.68. The average molecular weight is 907 g/mol. The fourth-order valence-electron chi connectivity index (χ4n) is 5.42. The van der Waals surface area contributed by atoms with Crippen molar-refractivity contribution in [3.8, 4) is 0 Å². The minimum atomic E-state index is -1.66. The van der Waals surface area contributed by atoms with Gasteiger partial charge in [-0.25, -0.2) is 4.79 Å². The lowest BCUT2D eigenvalue weighted by molar-refractivity contribution is -0.142. The van der Waals surface area contributed by atoms with Gasteiger partial charge < -0.3 is 70.4 Å². The Balaban J connectivity index is 6.52. The maximum atomic E-state index is 13.9. The van der Waals surface area contributed by atoms with Crippen LogP contribution in [0.4, 0.5) is 0 Å². The zero-order valence-corrected chi connectivity index (χ0v) is 37.4. The molecule has 17 N–H and O–H groups in total. The van der Waals surface area contributed by atoms with Crippen molar-refractivity contribution in [2.45, 2.75) is 129 Å². The Labute approximate surface area is 366 Å². The number of thiol groups is 2. The number of aliphatic hydroxyl groups excluding tert-OH is 1. The number of guanidine groups is 1. The smallest absolute Gasteiger partial charge is 0.327 e. The summed E-state index contributed by atoms with van der Waals surface area (Å²) in [4.78, 5) is 121.